The predicted octanol–water partition coefficient (Wildman–Crippen LogP) is 13.0. The van der Waals surface area contributed by atoms with Crippen molar-refractivity contribution >= 4 is 95.7 Å². The number of para-hydroxylation sites is 3. The number of benzene rings is 10. The summed E-state index contributed by atoms with van der Waals surface area (Å²) in [4.78, 5) is 4.87. The maximum Gasteiger partial charge on any atom is 0.184 e. The highest BCUT2D eigenvalue weighted by molar-refractivity contribution is 7.21. The Labute approximate surface area is 362 Å². The van der Waals surface area contributed by atoms with E-state index in [0.717, 1.165) is 44.7 Å². The Morgan fingerprint density at radius 1 is 0.371 bits per heavy atom. The van der Waals surface area contributed by atoms with Crippen LogP contribution in [0.25, 0.3) is 43.8 Å². The lowest BCUT2D eigenvalue weighted by atomic mass is 9.98. The van der Waals surface area contributed by atoms with E-state index < -0.39 is 8.07 Å². The van der Waals surface area contributed by atoms with Crippen LogP contribution in [0.5, 0.6) is 0 Å². The van der Waals surface area contributed by atoms with Crippen molar-refractivity contribution in [3.8, 4) is 11.1 Å². The Balaban J connectivity index is 1.13. The van der Waals surface area contributed by atoms with Crippen molar-refractivity contribution in [1.82, 2.24) is 0 Å². The van der Waals surface area contributed by atoms with E-state index in [0.29, 0.717) is 0 Å². The monoisotopic (exact) mass is 808 g/mol. The second kappa shape index (κ2) is 14.7. The van der Waals surface area contributed by atoms with Gasteiger partial charge < -0.3 is 14.2 Å². The summed E-state index contributed by atoms with van der Waals surface area (Å²) in [6.45, 7) is 0. The molecular weight excluding hydrogens is 769 g/mol. The first-order chi connectivity index (χ1) is 30.8. The minimum atomic E-state index is -2.96. The van der Waals surface area contributed by atoms with Crippen molar-refractivity contribution in [2.24, 2.45) is 0 Å². The van der Waals surface area contributed by atoms with Crippen LogP contribution in [0.15, 0.2) is 247 Å². The topological polar surface area (TPSA) is 19.6 Å². The molecule has 0 atom stereocenters. The standard InChI is InChI=1S/C58H40N2OSi/c1-4-19-43(20-5-1)60-53-28-13-15-30-57(53)62(47-21-6-2-7-22-47,48-23-8-3-9-24-48)58-40-46(36-38-54(58)60)59(45-35-37-52-51-26-12-14-29-55(51)61-56(52)39-45)44-33-31-42(32-34-44)50-27-16-18-41-17-10-11-25-49(41)50/h1-40H. The van der Waals surface area contributed by atoms with Gasteiger partial charge in [-0.2, -0.15) is 0 Å². The summed E-state index contributed by atoms with van der Waals surface area (Å²) < 4.78 is 6.55. The van der Waals surface area contributed by atoms with E-state index in [1.807, 2.05) is 6.07 Å². The van der Waals surface area contributed by atoms with E-state index >= 15 is 0 Å². The first-order valence-electron chi connectivity index (χ1n) is 21.3. The number of nitrogens with zero attached hydrogens (tertiary/aromatic N) is 2. The molecule has 0 bridgehead atoms. The van der Waals surface area contributed by atoms with E-state index in [2.05, 4.69) is 246 Å². The molecule has 1 aliphatic heterocycles. The van der Waals surface area contributed by atoms with Crippen molar-refractivity contribution in [3.63, 3.8) is 0 Å². The SMILES string of the molecule is c1ccc(N2c3ccccc3[Si](c3ccccc3)(c3ccccc3)c3cc(N(c4ccc(-c5cccc6ccccc56)cc4)c4ccc5c(c4)oc4ccccc45)ccc32)cc1. The van der Waals surface area contributed by atoms with Crippen molar-refractivity contribution in [2.75, 3.05) is 9.80 Å². The van der Waals surface area contributed by atoms with Gasteiger partial charge in [0.2, 0.25) is 0 Å². The highest BCUT2D eigenvalue weighted by Crippen LogP contribution is 2.43. The second-order valence-corrected chi connectivity index (χ2v) is 19.8. The molecule has 1 aliphatic rings. The molecule has 4 heteroatoms. The second-order valence-electron chi connectivity index (χ2n) is 16.1. The van der Waals surface area contributed by atoms with Crippen LogP contribution in [0.4, 0.5) is 34.1 Å². The van der Waals surface area contributed by atoms with Gasteiger partial charge in [0.05, 0.1) is 0 Å². The number of rotatable bonds is 7. The Hall–Kier alpha value is -7.92. The zero-order valence-electron chi connectivity index (χ0n) is 33.9. The summed E-state index contributed by atoms with van der Waals surface area (Å²) in [5, 5.41) is 10.1. The smallest absolute Gasteiger partial charge is 0.184 e. The Kier molecular flexibility index (Phi) is 8.51. The predicted molar refractivity (Wildman–Crippen MR) is 263 cm³/mol. The van der Waals surface area contributed by atoms with Gasteiger partial charge in [0.1, 0.15) is 11.2 Å². The number of hydrogen-bond donors (Lipinski definition) is 0. The molecule has 12 rings (SSSR count). The average Bonchev–Trinajstić information content (AvgIpc) is 3.72. The minimum Gasteiger partial charge on any atom is -0.456 e. The molecule has 3 nitrogen and oxygen atoms in total. The molecule has 0 radical (unpaired) electrons. The summed E-state index contributed by atoms with van der Waals surface area (Å²) in [5.41, 5.74) is 10.9. The van der Waals surface area contributed by atoms with Crippen LogP contribution in [-0.4, -0.2) is 8.07 Å². The fourth-order valence-corrected chi connectivity index (χ4v) is 15.1. The maximum absolute atomic E-state index is 6.55. The van der Waals surface area contributed by atoms with Gasteiger partial charge in [-0.25, -0.2) is 0 Å². The molecule has 0 aliphatic carbocycles. The van der Waals surface area contributed by atoms with E-state index in [1.165, 1.54) is 54.0 Å². The fourth-order valence-electron chi connectivity index (χ4n) is 10.0. The highest BCUT2D eigenvalue weighted by Gasteiger charge is 2.49. The van der Waals surface area contributed by atoms with Crippen LogP contribution in [0.1, 0.15) is 0 Å². The molecule has 0 saturated heterocycles. The zero-order valence-corrected chi connectivity index (χ0v) is 34.9. The van der Waals surface area contributed by atoms with Gasteiger partial charge in [-0.1, -0.05) is 170 Å². The summed E-state index contributed by atoms with van der Waals surface area (Å²) in [5.74, 6) is 0. The summed E-state index contributed by atoms with van der Waals surface area (Å²) in [7, 11) is -2.96. The van der Waals surface area contributed by atoms with Gasteiger partial charge in [0.25, 0.3) is 0 Å². The molecule has 1 aromatic heterocycles. The quantitative estimate of drug-likeness (QED) is 0.150. The lowest BCUT2D eigenvalue weighted by Crippen LogP contribution is -2.77. The normalized spacial score (nSPS) is 12.9. The van der Waals surface area contributed by atoms with Crippen LogP contribution in [0.3, 0.4) is 0 Å². The van der Waals surface area contributed by atoms with Crippen LogP contribution in [-0.2, 0) is 0 Å². The largest absolute Gasteiger partial charge is 0.456 e. The first kappa shape index (κ1) is 36.0. The van der Waals surface area contributed by atoms with Gasteiger partial charge in [0, 0.05) is 51.0 Å². The summed E-state index contributed by atoms with van der Waals surface area (Å²) >= 11 is 0. The Morgan fingerprint density at radius 3 is 1.71 bits per heavy atom. The summed E-state index contributed by atoms with van der Waals surface area (Å²) in [6, 6.07) is 88.8. The minimum absolute atomic E-state index is 0.862. The maximum atomic E-state index is 6.55. The van der Waals surface area contributed by atoms with E-state index in [-0.39, 0.29) is 0 Å². The summed E-state index contributed by atoms with van der Waals surface area (Å²) in [6.07, 6.45) is 0. The molecule has 292 valence electrons. The molecular formula is C58H40N2OSi. The van der Waals surface area contributed by atoms with Gasteiger partial charge >= 0.3 is 0 Å². The van der Waals surface area contributed by atoms with Gasteiger partial charge in [-0.05, 0) is 109 Å². The first-order valence-corrected chi connectivity index (χ1v) is 23.3. The van der Waals surface area contributed by atoms with E-state index in [4.69, 9.17) is 4.42 Å². The van der Waals surface area contributed by atoms with Gasteiger partial charge in [0.15, 0.2) is 8.07 Å². The van der Waals surface area contributed by atoms with Gasteiger partial charge in [-0.15, -0.1) is 0 Å². The zero-order chi connectivity index (χ0) is 41.0. The lowest BCUT2D eigenvalue weighted by molar-refractivity contribution is 0.669. The average molecular weight is 809 g/mol. The van der Waals surface area contributed by atoms with Crippen molar-refractivity contribution in [1.29, 1.82) is 0 Å². The molecule has 2 heterocycles. The number of furan rings is 1. The fraction of sp³-hybridized carbons (Fsp3) is 0. The molecule has 0 amide bonds. The van der Waals surface area contributed by atoms with Crippen LogP contribution >= 0.6 is 0 Å². The third-order valence-electron chi connectivity index (χ3n) is 12.7. The van der Waals surface area contributed by atoms with Crippen molar-refractivity contribution < 1.29 is 4.42 Å². The Bertz CT molecular complexity index is 3370. The number of anilines is 6. The molecule has 0 spiro atoms. The molecule has 0 fully saturated rings. The van der Waals surface area contributed by atoms with Gasteiger partial charge in [-0.3, -0.25) is 0 Å². The van der Waals surface area contributed by atoms with E-state index in [1.54, 1.807) is 0 Å². The molecule has 0 unspecified atom stereocenters. The molecule has 11 aromatic rings. The lowest BCUT2D eigenvalue weighted by Gasteiger charge is -2.45. The number of fused-ring (bicyclic) bond motifs is 6. The van der Waals surface area contributed by atoms with Crippen LogP contribution in [0.2, 0.25) is 0 Å². The molecule has 0 N–H and O–H groups in total. The van der Waals surface area contributed by atoms with Crippen LogP contribution < -0.4 is 30.5 Å². The highest BCUT2D eigenvalue weighted by atomic mass is 28.3. The molecule has 62 heavy (non-hydrogen) atoms. The number of hydrogen-bond acceptors (Lipinski definition) is 3. The third kappa shape index (κ3) is 5.65. The Morgan fingerprint density at radius 2 is 0.935 bits per heavy atom. The van der Waals surface area contributed by atoms with E-state index in [9.17, 15) is 0 Å². The molecule has 10 aromatic carbocycles. The third-order valence-corrected chi connectivity index (χ3v) is 17.5. The van der Waals surface area contributed by atoms with Crippen molar-refractivity contribution in [3.05, 3.63) is 243 Å². The van der Waals surface area contributed by atoms with Crippen LogP contribution in [0, 0.1) is 0 Å². The molecule has 0 saturated carbocycles. The van der Waals surface area contributed by atoms with Crippen molar-refractivity contribution in [2.45, 2.75) is 0 Å².